The Hall–Kier alpha value is -3.60. The molecule has 1 N–H and O–H groups in total. The summed E-state index contributed by atoms with van der Waals surface area (Å²) in [7, 11) is 0. The first-order valence-corrected chi connectivity index (χ1v) is 8.15. The van der Waals surface area contributed by atoms with Crippen LogP contribution in [0.1, 0.15) is 0 Å². The Morgan fingerprint density at radius 2 is 1.62 bits per heavy atom. The summed E-state index contributed by atoms with van der Waals surface area (Å²) < 4.78 is 13.8. The van der Waals surface area contributed by atoms with Crippen molar-refractivity contribution >= 4 is 11.6 Å². The van der Waals surface area contributed by atoms with Gasteiger partial charge in [0.1, 0.15) is 5.82 Å². The standard InChI is InChI=1S/C21H15FN4/c22-17-6-4-5-16(13-17)20-19(15-9-11-23-12-10-15)14-24-21(26-20)25-18-7-2-1-3-8-18/h1-14H,(H,24,25,26). The molecule has 126 valence electrons. The largest absolute Gasteiger partial charge is 0.324 e. The van der Waals surface area contributed by atoms with E-state index in [1.807, 2.05) is 48.5 Å². The number of anilines is 2. The minimum Gasteiger partial charge on any atom is -0.324 e. The van der Waals surface area contributed by atoms with Crippen molar-refractivity contribution in [3.05, 3.63) is 91.1 Å². The average molecular weight is 342 g/mol. The Labute approximate surface area is 150 Å². The topological polar surface area (TPSA) is 50.7 Å². The number of nitrogens with one attached hydrogen (secondary N) is 1. The predicted molar refractivity (Wildman–Crippen MR) is 100 cm³/mol. The molecule has 0 aliphatic carbocycles. The molecule has 0 atom stereocenters. The maximum absolute atomic E-state index is 13.8. The second-order valence-electron chi connectivity index (χ2n) is 5.69. The van der Waals surface area contributed by atoms with Gasteiger partial charge in [0.2, 0.25) is 5.95 Å². The highest BCUT2D eigenvalue weighted by Crippen LogP contribution is 2.31. The van der Waals surface area contributed by atoms with Crippen molar-refractivity contribution < 1.29 is 4.39 Å². The molecule has 0 radical (unpaired) electrons. The SMILES string of the molecule is Fc1cccc(-c2nc(Nc3ccccc3)ncc2-c2ccncc2)c1. The summed E-state index contributed by atoms with van der Waals surface area (Å²) in [5.74, 6) is 0.146. The van der Waals surface area contributed by atoms with Crippen LogP contribution in [0, 0.1) is 5.82 Å². The monoisotopic (exact) mass is 342 g/mol. The first-order chi connectivity index (χ1) is 12.8. The van der Waals surface area contributed by atoms with Gasteiger partial charge in [0.05, 0.1) is 5.69 Å². The summed E-state index contributed by atoms with van der Waals surface area (Å²) in [6, 6.07) is 19.8. The molecular formula is C21H15FN4. The molecule has 0 saturated carbocycles. The second kappa shape index (κ2) is 7.11. The summed E-state index contributed by atoms with van der Waals surface area (Å²) in [6.45, 7) is 0. The average Bonchev–Trinajstić information content (AvgIpc) is 2.69. The first-order valence-electron chi connectivity index (χ1n) is 8.15. The molecule has 0 aliphatic rings. The summed E-state index contributed by atoms with van der Waals surface area (Å²) in [4.78, 5) is 13.1. The molecule has 2 heterocycles. The molecule has 0 bridgehead atoms. The molecule has 2 aromatic carbocycles. The van der Waals surface area contributed by atoms with E-state index in [0.29, 0.717) is 17.2 Å². The van der Waals surface area contributed by atoms with Gasteiger partial charge in [0, 0.05) is 35.4 Å². The lowest BCUT2D eigenvalue weighted by atomic mass is 10.0. The summed E-state index contributed by atoms with van der Waals surface area (Å²) in [5.41, 5.74) is 3.97. The van der Waals surface area contributed by atoms with Gasteiger partial charge in [-0.3, -0.25) is 4.98 Å². The van der Waals surface area contributed by atoms with Gasteiger partial charge in [0.25, 0.3) is 0 Å². The van der Waals surface area contributed by atoms with Gasteiger partial charge in [-0.2, -0.15) is 0 Å². The van der Waals surface area contributed by atoms with Crippen LogP contribution in [0.25, 0.3) is 22.4 Å². The van der Waals surface area contributed by atoms with Crippen LogP contribution in [0.3, 0.4) is 0 Å². The molecule has 0 fully saturated rings. The van der Waals surface area contributed by atoms with E-state index in [0.717, 1.165) is 16.8 Å². The van der Waals surface area contributed by atoms with Crippen LogP contribution in [-0.4, -0.2) is 15.0 Å². The second-order valence-corrected chi connectivity index (χ2v) is 5.69. The minimum atomic E-state index is -0.306. The number of nitrogens with zero attached hydrogens (tertiary/aromatic N) is 3. The lowest BCUT2D eigenvalue weighted by Crippen LogP contribution is -2.00. The minimum absolute atomic E-state index is 0.306. The fourth-order valence-corrected chi connectivity index (χ4v) is 2.69. The van der Waals surface area contributed by atoms with Crippen LogP contribution in [0.4, 0.5) is 16.0 Å². The number of hydrogen-bond acceptors (Lipinski definition) is 4. The zero-order valence-corrected chi connectivity index (χ0v) is 13.8. The molecule has 0 saturated heterocycles. The zero-order chi connectivity index (χ0) is 17.8. The highest BCUT2D eigenvalue weighted by Gasteiger charge is 2.12. The number of benzene rings is 2. The lowest BCUT2D eigenvalue weighted by molar-refractivity contribution is 0.628. The maximum atomic E-state index is 13.8. The van der Waals surface area contributed by atoms with Crippen LogP contribution in [-0.2, 0) is 0 Å². The Bertz CT molecular complexity index is 1020. The van der Waals surface area contributed by atoms with Gasteiger partial charge < -0.3 is 5.32 Å². The van der Waals surface area contributed by atoms with E-state index in [1.54, 1.807) is 24.7 Å². The molecular weight excluding hydrogens is 327 g/mol. The summed E-state index contributed by atoms with van der Waals surface area (Å²) >= 11 is 0. The molecule has 4 rings (SSSR count). The van der Waals surface area contributed by atoms with E-state index >= 15 is 0 Å². The number of para-hydroxylation sites is 1. The van der Waals surface area contributed by atoms with Crippen molar-refractivity contribution in [1.29, 1.82) is 0 Å². The maximum Gasteiger partial charge on any atom is 0.227 e. The zero-order valence-electron chi connectivity index (χ0n) is 13.8. The van der Waals surface area contributed by atoms with E-state index in [-0.39, 0.29) is 5.82 Å². The number of halogens is 1. The smallest absolute Gasteiger partial charge is 0.227 e. The molecule has 26 heavy (non-hydrogen) atoms. The third-order valence-corrected chi connectivity index (χ3v) is 3.91. The van der Waals surface area contributed by atoms with Crippen molar-refractivity contribution in [2.45, 2.75) is 0 Å². The number of rotatable bonds is 4. The van der Waals surface area contributed by atoms with E-state index in [9.17, 15) is 4.39 Å². The van der Waals surface area contributed by atoms with Crippen molar-refractivity contribution in [1.82, 2.24) is 15.0 Å². The third kappa shape index (κ3) is 3.42. The van der Waals surface area contributed by atoms with E-state index in [4.69, 9.17) is 0 Å². The highest BCUT2D eigenvalue weighted by atomic mass is 19.1. The quantitative estimate of drug-likeness (QED) is 0.561. The Morgan fingerprint density at radius 3 is 2.38 bits per heavy atom. The summed E-state index contributed by atoms with van der Waals surface area (Å²) in [5, 5.41) is 3.18. The first kappa shape index (κ1) is 15.9. The number of hydrogen-bond donors (Lipinski definition) is 1. The molecule has 4 nitrogen and oxygen atoms in total. The van der Waals surface area contributed by atoms with Gasteiger partial charge in [-0.15, -0.1) is 0 Å². The van der Waals surface area contributed by atoms with E-state index in [1.165, 1.54) is 12.1 Å². The van der Waals surface area contributed by atoms with Crippen LogP contribution in [0.15, 0.2) is 85.3 Å². The summed E-state index contributed by atoms with van der Waals surface area (Å²) in [6.07, 6.45) is 5.16. The highest BCUT2D eigenvalue weighted by molar-refractivity contribution is 5.81. The Morgan fingerprint density at radius 1 is 0.808 bits per heavy atom. The molecule has 5 heteroatoms. The van der Waals surface area contributed by atoms with Crippen molar-refractivity contribution in [2.75, 3.05) is 5.32 Å². The van der Waals surface area contributed by atoms with Gasteiger partial charge in [-0.05, 0) is 42.0 Å². The molecule has 0 amide bonds. The van der Waals surface area contributed by atoms with Gasteiger partial charge in [-0.25, -0.2) is 14.4 Å². The van der Waals surface area contributed by atoms with Crippen LogP contribution >= 0.6 is 0 Å². The normalized spacial score (nSPS) is 10.5. The lowest BCUT2D eigenvalue weighted by Gasteiger charge is -2.12. The van der Waals surface area contributed by atoms with E-state index < -0.39 is 0 Å². The fourth-order valence-electron chi connectivity index (χ4n) is 2.69. The predicted octanol–water partition coefficient (Wildman–Crippen LogP) is 5.09. The van der Waals surface area contributed by atoms with Crippen molar-refractivity contribution in [3.63, 3.8) is 0 Å². The fraction of sp³-hybridized carbons (Fsp3) is 0. The molecule has 4 aromatic rings. The molecule has 2 aromatic heterocycles. The van der Waals surface area contributed by atoms with Gasteiger partial charge in [-0.1, -0.05) is 30.3 Å². The Balaban J connectivity index is 1.82. The van der Waals surface area contributed by atoms with Crippen molar-refractivity contribution in [2.24, 2.45) is 0 Å². The van der Waals surface area contributed by atoms with Crippen LogP contribution in [0.2, 0.25) is 0 Å². The Kier molecular flexibility index (Phi) is 4.35. The van der Waals surface area contributed by atoms with Crippen LogP contribution in [0.5, 0.6) is 0 Å². The van der Waals surface area contributed by atoms with Gasteiger partial charge in [0.15, 0.2) is 0 Å². The van der Waals surface area contributed by atoms with Crippen LogP contribution < -0.4 is 5.32 Å². The number of aromatic nitrogens is 3. The molecule has 0 unspecified atom stereocenters. The van der Waals surface area contributed by atoms with E-state index in [2.05, 4.69) is 20.3 Å². The van der Waals surface area contributed by atoms with Crippen molar-refractivity contribution in [3.8, 4) is 22.4 Å². The molecule has 0 spiro atoms. The van der Waals surface area contributed by atoms with Gasteiger partial charge >= 0.3 is 0 Å². The molecule has 0 aliphatic heterocycles. The third-order valence-electron chi connectivity index (χ3n) is 3.91. The number of pyridine rings is 1.